The highest BCUT2D eigenvalue weighted by molar-refractivity contribution is 9.10. The number of halogens is 4. The average molecular weight is 334 g/mol. The number of rotatable bonds is 3. The van der Waals surface area contributed by atoms with E-state index in [1.807, 2.05) is 0 Å². The van der Waals surface area contributed by atoms with Gasteiger partial charge in [-0.15, -0.1) is 0 Å². The Morgan fingerprint density at radius 1 is 1.17 bits per heavy atom. The second-order valence-corrected chi connectivity index (χ2v) is 4.84. The fourth-order valence-electron chi connectivity index (χ4n) is 1.40. The Kier molecular flexibility index (Phi) is 4.19. The summed E-state index contributed by atoms with van der Waals surface area (Å²) in [5.74, 6) is -0.624. The molecule has 5 heteroatoms. The van der Waals surface area contributed by atoms with Gasteiger partial charge in [-0.2, -0.15) is 0 Å². The first kappa shape index (κ1) is 13.3. The summed E-state index contributed by atoms with van der Waals surface area (Å²) < 4.78 is 32.6. The quantitative estimate of drug-likeness (QED) is 0.771. The van der Waals surface area contributed by atoms with Crippen LogP contribution in [0.5, 0.6) is 5.75 Å². The molecule has 2 aromatic carbocycles. The topological polar surface area (TPSA) is 9.23 Å². The SMILES string of the molecule is Fc1ccc(Br)c(OCc2cccc(Cl)c2F)c1. The molecule has 2 aromatic rings. The molecule has 0 bridgehead atoms. The van der Waals surface area contributed by atoms with Gasteiger partial charge in [-0.1, -0.05) is 23.7 Å². The molecule has 0 saturated carbocycles. The summed E-state index contributed by atoms with van der Waals surface area (Å²) in [6.07, 6.45) is 0. The van der Waals surface area contributed by atoms with E-state index in [1.165, 1.54) is 24.3 Å². The molecular formula is C13H8BrClF2O. The van der Waals surface area contributed by atoms with Gasteiger partial charge in [0.25, 0.3) is 0 Å². The lowest BCUT2D eigenvalue weighted by Crippen LogP contribution is -1.99. The molecular weight excluding hydrogens is 325 g/mol. The molecule has 0 N–H and O–H groups in total. The van der Waals surface area contributed by atoms with Crippen molar-refractivity contribution in [3.05, 3.63) is 63.1 Å². The first-order valence-electron chi connectivity index (χ1n) is 5.08. The Balaban J connectivity index is 2.16. The third-order valence-corrected chi connectivity index (χ3v) is 3.26. The van der Waals surface area contributed by atoms with E-state index >= 15 is 0 Å². The zero-order valence-electron chi connectivity index (χ0n) is 9.09. The van der Waals surface area contributed by atoms with Crippen LogP contribution in [0.2, 0.25) is 5.02 Å². The molecule has 94 valence electrons. The maximum atomic E-state index is 13.6. The zero-order chi connectivity index (χ0) is 13.1. The van der Waals surface area contributed by atoms with Crippen LogP contribution in [0.1, 0.15) is 5.56 Å². The van der Waals surface area contributed by atoms with Crippen molar-refractivity contribution in [3.63, 3.8) is 0 Å². The van der Waals surface area contributed by atoms with Crippen LogP contribution in [-0.4, -0.2) is 0 Å². The molecule has 0 fully saturated rings. The van der Waals surface area contributed by atoms with Gasteiger partial charge in [0.15, 0.2) is 0 Å². The maximum absolute atomic E-state index is 13.6. The monoisotopic (exact) mass is 332 g/mol. The van der Waals surface area contributed by atoms with Crippen molar-refractivity contribution in [2.75, 3.05) is 0 Å². The van der Waals surface area contributed by atoms with Crippen molar-refractivity contribution in [3.8, 4) is 5.75 Å². The number of hydrogen-bond acceptors (Lipinski definition) is 1. The van der Waals surface area contributed by atoms with Gasteiger partial charge in [0.1, 0.15) is 24.0 Å². The Morgan fingerprint density at radius 3 is 2.72 bits per heavy atom. The van der Waals surface area contributed by atoms with Gasteiger partial charge in [-0.25, -0.2) is 8.78 Å². The summed E-state index contributed by atoms with van der Waals surface area (Å²) in [4.78, 5) is 0. The van der Waals surface area contributed by atoms with Gasteiger partial charge < -0.3 is 4.74 Å². The third-order valence-electron chi connectivity index (χ3n) is 2.31. The molecule has 0 spiro atoms. The van der Waals surface area contributed by atoms with Gasteiger partial charge in [-0.05, 0) is 34.1 Å². The van der Waals surface area contributed by atoms with E-state index in [1.54, 1.807) is 12.1 Å². The van der Waals surface area contributed by atoms with E-state index in [-0.39, 0.29) is 11.6 Å². The molecule has 0 saturated heterocycles. The summed E-state index contributed by atoms with van der Waals surface area (Å²) in [6, 6.07) is 8.71. The number of ether oxygens (including phenoxy) is 1. The Morgan fingerprint density at radius 2 is 1.94 bits per heavy atom. The first-order valence-corrected chi connectivity index (χ1v) is 6.26. The van der Waals surface area contributed by atoms with E-state index < -0.39 is 11.6 Å². The Labute approximate surface area is 116 Å². The van der Waals surface area contributed by atoms with Crippen LogP contribution in [0.25, 0.3) is 0 Å². The van der Waals surface area contributed by atoms with Crippen molar-refractivity contribution < 1.29 is 13.5 Å². The smallest absolute Gasteiger partial charge is 0.148 e. The summed E-state index contributed by atoms with van der Waals surface area (Å²) in [5.41, 5.74) is 0.318. The number of hydrogen-bond donors (Lipinski definition) is 0. The molecule has 0 heterocycles. The standard InChI is InChI=1S/C13H8BrClF2O/c14-10-5-4-9(16)6-12(10)18-7-8-2-1-3-11(15)13(8)17/h1-6H,7H2. The van der Waals surface area contributed by atoms with Crippen LogP contribution >= 0.6 is 27.5 Å². The van der Waals surface area contributed by atoms with Crippen LogP contribution in [0, 0.1) is 11.6 Å². The summed E-state index contributed by atoms with van der Waals surface area (Å²) >= 11 is 8.88. The van der Waals surface area contributed by atoms with Crippen molar-refractivity contribution in [2.45, 2.75) is 6.61 Å². The molecule has 0 aromatic heterocycles. The molecule has 0 amide bonds. The lowest BCUT2D eigenvalue weighted by atomic mass is 10.2. The first-order chi connectivity index (χ1) is 8.58. The normalized spacial score (nSPS) is 10.4. The van der Waals surface area contributed by atoms with Gasteiger partial charge in [0, 0.05) is 11.6 Å². The second kappa shape index (κ2) is 5.67. The minimum atomic E-state index is -0.522. The lowest BCUT2D eigenvalue weighted by molar-refractivity contribution is 0.296. The molecule has 2 rings (SSSR count). The molecule has 0 atom stereocenters. The minimum absolute atomic E-state index is 0.0194. The highest BCUT2D eigenvalue weighted by Gasteiger charge is 2.08. The van der Waals surface area contributed by atoms with E-state index in [0.717, 1.165) is 0 Å². The molecule has 1 nitrogen and oxygen atoms in total. The summed E-state index contributed by atoms with van der Waals surface area (Å²) in [7, 11) is 0. The Bertz CT molecular complexity index is 573. The fraction of sp³-hybridized carbons (Fsp3) is 0.0769. The van der Waals surface area contributed by atoms with Gasteiger partial charge in [0.05, 0.1) is 9.50 Å². The van der Waals surface area contributed by atoms with Crippen molar-refractivity contribution in [1.29, 1.82) is 0 Å². The highest BCUT2D eigenvalue weighted by atomic mass is 79.9. The predicted octanol–water partition coefficient (Wildman–Crippen LogP) is 4.96. The van der Waals surface area contributed by atoms with Crippen molar-refractivity contribution >= 4 is 27.5 Å². The highest BCUT2D eigenvalue weighted by Crippen LogP contribution is 2.27. The zero-order valence-corrected chi connectivity index (χ0v) is 11.4. The van der Waals surface area contributed by atoms with E-state index in [0.29, 0.717) is 15.8 Å². The van der Waals surface area contributed by atoms with Crippen LogP contribution in [-0.2, 0) is 6.61 Å². The minimum Gasteiger partial charge on any atom is -0.488 e. The molecule has 0 aliphatic heterocycles. The fourth-order valence-corrected chi connectivity index (χ4v) is 1.96. The van der Waals surface area contributed by atoms with Crippen molar-refractivity contribution in [2.24, 2.45) is 0 Å². The molecule has 0 aliphatic carbocycles. The molecule has 0 radical (unpaired) electrons. The second-order valence-electron chi connectivity index (χ2n) is 3.58. The molecule has 0 unspecified atom stereocenters. The van der Waals surface area contributed by atoms with E-state index in [2.05, 4.69) is 15.9 Å². The van der Waals surface area contributed by atoms with Gasteiger partial charge >= 0.3 is 0 Å². The van der Waals surface area contributed by atoms with Crippen LogP contribution in [0.4, 0.5) is 8.78 Å². The van der Waals surface area contributed by atoms with Crippen LogP contribution < -0.4 is 4.74 Å². The maximum Gasteiger partial charge on any atom is 0.148 e. The summed E-state index contributed by atoms with van der Waals surface area (Å²) in [6.45, 7) is -0.0194. The molecule has 18 heavy (non-hydrogen) atoms. The van der Waals surface area contributed by atoms with Gasteiger partial charge in [0.2, 0.25) is 0 Å². The third kappa shape index (κ3) is 3.00. The summed E-state index contributed by atoms with van der Waals surface area (Å²) in [5, 5.41) is 0.0365. The average Bonchev–Trinajstić information content (AvgIpc) is 2.35. The van der Waals surface area contributed by atoms with E-state index in [4.69, 9.17) is 16.3 Å². The predicted molar refractivity (Wildman–Crippen MR) is 69.8 cm³/mol. The Hall–Kier alpha value is -1.13. The number of benzene rings is 2. The lowest BCUT2D eigenvalue weighted by Gasteiger charge is -2.09. The van der Waals surface area contributed by atoms with Crippen LogP contribution in [0.15, 0.2) is 40.9 Å². The largest absolute Gasteiger partial charge is 0.488 e. The van der Waals surface area contributed by atoms with E-state index in [9.17, 15) is 8.78 Å². The van der Waals surface area contributed by atoms with Crippen LogP contribution in [0.3, 0.4) is 0 Å². The molecule has 0 aliphatic rings. The van der Waals surface area contributed by atoms with Crippen molar-refractivity contribution in [1.82, 2.24) is 0 Å². The van der Waals surface area contributed by atoms with Gasteiger partial charge in [-0.3, -0.25) is 0 Å².